The second kappa shape index (κ2) is 4.73. The molecule has 7 heteroatoms. The fourth-order valence-electron chi connectivity index (χ4n) is 1.22. The van der Waals surface area contributed by atoms with E-state index in [0.717, 1.165) is 12.1 Å². The minimum absolute atomic E-state index is 0.0309. The monoisotopic (exact) mass is 233 g/mol. The van der Waals surface area contributed by atoms with Gasteiger partial charge in [0.05, 0.1) is 30.8 Å². The smallest absolute Gasteiger partial charge is 0.282 e. The second-order valence-electron chi connectivity index (χ2n) is 2.82. The van der Waals surface area contributed by atoms with E-state index in [9.17, 15) is 18.9 Å². The summed E-state index contributed by atoms with van der Waals surface area (Å²) in [4.78, 5) is 9.68. The highest BCUT2D eigenvalue weighted by atomic mass is 19.3. The van der Waals surface area contributed by atoms with Crippen LogP contribution < -0.4 is 9.47 Å². The topological polar surface area (TPSA) is 61.6 Å². The molecule has 0 aliphatic rings. The molecule has 0 saturated heterocycles. The van der Waals surface area contributed by atoms with Gasteiger partial charge in [0.15, 0.2) is 11.5 Å². The molecule has 88 valence electrons. The van der Waals surface area contributed by atoms with Gasteiger partial charge in [0.25, 0.3) is 12.1 Å². The van der Waals surface area contributed by atoms with E-state index in [1.54, 1.807) is 0 Å². The van der Waals surface area contributed by atoms with Crippen molar-refractivity contribution in [2.45, 2.75) is 6.43 Å². The molecule has 0 aliphatic heterocycles. The third-order valence-electron chi connectivity index (χ3n) is 1.96. The van der Waals surface area contributed by atoms with E-state index >= 15 is 0 Å². The summed E-state index contributed by atoms with van der Waals surface area (Å²) < 4.78 is 34.6. The van der Waals surface area contributed by atoms with Crippen molar-refractivity contribution in [1.29, 1.82) is 0 Å². The zero-order valence-corrected chi connectivity index (χ0v) is 8.57. The standard InChI is InChI=1S/C9H9F2NO4/c1-15-7-3-5(9(10)11)6(12(13)14)4-8(7)16-2/h3-4,9H,1-2H3. The summed E-state index contributed by atoms with van der Waals surface area (Å²) in [5.74, 6) is 0.0713. The van der Waals surface area contributed by atoms with Gasteiger partial charge < -0.3 is 9.47 Å². The van der Waals surface area contributed by atoms with E-state index < -0.39 is 22.6 Å². The van der Waals surface area contributed by atoms with Crippen LogP contribution in [-0.2, 0) is 0 Å². The van der Waals surface area contributed by atoms with Gasteiger partial charge in [-0.1, -0.05) is 0 Å². The lowest BCUT2D eigenvalue weighted by atomic mass is 10.1. The Balaban J connectivity index is 3.41. The third-order valence-corrected chi connectivity index (χ3v) is 1.96. The van der Waals surface area contributed by atoms with Gasteiger partial charge in [0, 0.05) is 0 Å². The highest BCUT2D eigenvalue weighted by Gasteiger charge is 2.25. The molecule has 0 N–H and O–H groups in total. The van der Waals surface area contributed by atoms with Gasteiger partial charge in [-0.25, -0.2) is 8.78 Å². The highest BCUT2D eigenvalue weighted by Crippen LogP contribution is 2.38. The Morgan fingerprint density at radius 1 is 1.25 bits per heavy atom. The van der Waals surface area contributed by atoms with Crippen molar-refractivity contribution in [1.82, 2.24) is 0 Å². The van der Waals surface area contributed by atoms with Crippen LogP contribution in [0.4, 0.5) is 14.5 Å². The maximum absolute atomic E-state index is 12.5. The molecule has 0 spiro atoms. The van der Waals surface area contributed by atoms with Gasteiger partial charge in [-0.15, -0.1) is 0 Å². The number of halogens is 2. The fourth-order valence-corrected chi connectivity index (χ4v) is 1.22. The largest absolute Gasteiger partial charge is 0.493 e. The molecule has 1 rings (SSSR count). The van der Waals surface area contributed by atoms with Crippen molar-refractivity contribution in [3.05, 3.63) is 27.8 Å². The molecule has 0 aliphatic carbocycles. The molecule has 0 bridgehead atoms. The molecule has 0 radical (unpaired) electrons. The molecule has 0 atom stereocenters. The summed E-state index contributed by atoms with van der Waals surface area (Å²) in [5, 5.41) is 10.6. The quantitative estimate of drug-likeness (QED) is 0.592. The number of ether oxygens (including phenoxy) is 2. The molecule has 0 saturated carbocycles. The molecular formula is C9H9F2NO4. The van der Waals surface area contributed by atoms with Gasteiger partial charge in [0.1, 0.15) is 0 Å². The number of hydrogen-bond acceptors (Lipinski definition) is 4. The van der Waals surface area contributed by atoms with Crippen LogP contribution in [0.2, 0.25) is 0 Å². The lowest BCUT2D eigenvalue weighted by Crippen LogP contribution is -1.99. The van der Waals surface area contributed by atoms with E-state index in [1.807, 2.05) is 0 Å². The van der Waals surface area contributed by atoms with Crippen LogP contribution in [0.5, 0.6) is 11.5 Å². The summed E-state index contributed by atoms with van der Waals surface area (Å²) in [5.41, 5.74) is -1.38. The lowest BCUT2D eigenvalue weighted by Gasteiger charge is -2.09. The average Bonchev–Trinajstić information content (AvgIpc) is 2.26. The Morgan fingerprint density at radius 3 is 2.12 bits per heavy atom. The second-order valence-corrected chi connectivity index (χ2v) is 2.82. The normalized spacial score (nSPS) is 10.3. The maximum atomic E-state index is 12.5. The van der Waals surface area contributed by atoms with Crippen LogP contribution in [0.1, 0.15) is 12.0 Å². The van der Waals surface area contributed by atoms with Crippen LogP contribution in [0, 0.1) is 10.1 Å². The molecule has 0 unspecified atom stereocenters. The van der Waals surface area contributed by atoms with Crippen molar-refractivity contribution in [3.63, 3.8) is 0 Å². The van der Waals surface area contributed by atoms with Crippen LogP contribution >= 0.6 is 0 Å². The minimum Gasteiger partial charge on any atom is -0.493 e. The van der Waals surface area contributed by atoms with Crippen molar-refractivity contribution < 1.29 is 23.2 Å². The Labute approximate surface area is 89.7 Å². The van der Waals surface area contributed by atoms with Crippen molar-refractivity contribution in [3.8, 4) is 11.5 Å². The van der Waals surface area contributed by atoms with Crippen molar-refractivity contribution in [2.24, 2.45) is 0 Å². The Kier molecular flexibility index (Phi) is 3.60. The van der Waals surface area contributed by atoms with E-state index in [1.165, 1.54) is 14.2 Å². The van der Waals surface area contributed by atoms with E-state index in [-0.39, 0.29) is 11.5 Å². The zero-order valence-electron chi connectivity index (χ0n) is 8.57. The van der Waals surface area contributed by atoms with Gasteiger partial charge in [-0.05, 0) is 6.07 Å². The Morgan fingerprint density at radius 2 is 1.75 bits per heavy atom. The van der Waals surface area contributed by atoms with Gasteiger partial charge in [-0.3, -0.25) is 10.1 Å². The number of benzene rings is 1. The average molecular weight is 233 g/mol. The predicted molar refractivity (Wildman–Crippen MR) is 51.2 cm³/mol. The fraction of sp³-hybridized carbons (Fsp3) is 0.333. The molecule has 16 heavy (non-hydrogen) atoms. The number of nitro groups is 1. The van der Waals surface area contributed by atoms with Crippen LogP contribution in [-0.4, -0.2) is 19.1 Å². The number of rotatable bonds is 4. The van der Waals surface area contributed by atoms with E-state index in [4.69, 9.17) is 9.47 Å². The predicted octanol–water partition coefficient (Wildman–Crippen LogP) is 2.55. The Bertz CT molecular complexity index is 409. The molecule has 0 fully saturated rings. The molecule has 0 heterocycles. The molecule has 5 nitrogen and oxygen atoms in total. The van der Waals surface area contributed by atoms with Gasteiger partial charge in [0.2, 0.25) is 0 Å². The third kappa shape index (κ3) is 2.18. The van der Waals surface area contributed by atoms with Crippen molar-refractivity contribution in [2.75, 3.05) is 14.2 Å². The first-order valence-corrected chi connectivity index (χ1v) is 4.19. The number of nitrogens with zero attached hydrogens (tertiary/aromatic N) is 1. The molecule has 1 aromatic rings. The number of methoxy groups -OCH3 is 2. The molecule has 1 aromatic carbocycles. The molecule has 0 aromatic heterocycles. The summed E-state index contributed by atoms with van der Waals surface area (Å²) in [6.45, 7) is 0. The zero-order chi connectivity index (χ0) is 12.3. The van der Waals surface area contributed by atoms with Crippen LogP contribution in [0.3, 0.4) is 0 Å². The summed E-state index contributed by atoms with van der Waals surface area (Å²) in [6.07, 6.45) is -2.94. The van der Waals surface area contributed by atoms with Crippen LogP contribution in [0.15, 0.2) is 12.1 Å². The first kappa shape index (κ1) is 12.2. The number of alkyl halides is 2. The van der Waals surface area contributed by atoms with E-state index in [2.05, 4.69) is 0 Å². The first-order valence-electron chi connectivity index (χ1n) is 4.19. The minimum atomic E-state index is -2.94. The summed E-state index contributed by atoms with van der Waals surface area (Å²) in [6, 6.07) is 1.82. The highest BCUT2D eigenvalue weighted by molar-refractivity contribution is 5.54. The maximum Gasteiger partial charge on any atom is 0.282 e. The first-order chi connectivity index (χ1) is 7.51. The van der Waals surface area contributed by atoms with E-state index in [0.29, 0.717) is 0 Å². The molecular weight excluding hydrogens is 224 g/mol. The molecule has 0 amide bonds. The number of nitro benzene ring substituents is 1. The lowest BCUT2D eigenvalue weighted by molar-refractivity contribution is -0.386. The van der Waals surface area contributed by atoms with Gasteiger partial charge in [-0.2, -0.15) is 0 Å². The Hall–Kier alpha value is -1.92. The SMILES string of the molecule is COc1cc(C(F)F)c([N+](=O)[O-])cc1OC. The summed E-state index contributed by atoms with van der Waals surface area (Å²) >= 11 is 0. The van der Waals surface area contributed by atoms with Crippen LogP contribution in [0.25, 0.3) is 0 Å². The van der Waals surface area contributed by atoms with Crippen molar-refractivity contribution >= 4 is 5.69 Å². The number of hydrogen-bond donors (Lipinski definition) is 0. The van der Waals surface area contributed by atoms with Gasteiger partial charge >= 0.3 is 0 Å². The summed E-state index contributed by atoms with van der Waals surface area (Å²) in [7, 11) is 2.53.